The van der Waals surface area contributed by atoms with E-state index in [9.17, 15) is 19.5 Å². The lowest BCUT2D eigenvalue weighted by Gasteiger charge is -2.28. The van der Waals surface area contributed by atoms with Crippen LogP contribution in [0.15, 0.2) is 18.2 Å². The largest absolute Gasteiger partial charge is 0.480 e. The van der Waals surface area contributed by atoms with E-state index in [1.54, 1.807) is 6.07 Å². The smallest absolute Gasteiger partial charge is 0.326 e. The average Bonchev–Trinajstić information content (AvgIpc) is 2.59. The second-order valence-corrected chi connectivity index (χ2v) is 6.37. The normalized spacial score (nSPS) is 16.0. The molecule has 1 atom stereocenters. The molecule has 21 heavy (non-hydrogen) atoms. The Bertz CT molecular complexity index is 631. The summed E-state index contributed by atoms with van der Waals surface area (Å²) in [6.07, 6.45) is 0.174. The molecule has 1 heterocycles. The summed E-state index contributed by atoms with van der Waals surface area (Å²) >= 11 is 0. The molecule has 0 spiro atoms. The highest BCUT2D eigenvalue weighted by atomic mass is 16.4. The van der Waals surface area contributed by atoms with Crippen molar-refractivity contribution in [2.24, 2.45) is 5.41 Å². The van der Waals surface area contributed by atoms with E-state index < -0.39 is 23.8 Å². The number of benzene rings is 1. The molecule has 6 heteroatoms. The molecular weight excluding hydrogens is 272 g/mol. The molecule has 3 N–H and O–H groups in total. The van der Waals surface area contributed by atoms with Crippen LogP contribution in [0.25, 0.3) is 0 Å². The van der Waals surface area contributed by atoms with Crippen LogP contribution in [0.5, 0.6) is 0 Å². The zero-order chi connectivity index (χ0) is 15.9. The van der Waals surface area contributed by atoms with Gasteiger partial charge in [-0.2, -0.15) is 0 Å². The minimum atomic E-state index is -1.20. The van der Waals surface area contributed by atoms with Crippen LogP contribution in [0, 0.1) is 5.41 Å². The van der Waals surface area contributed by atoms with Crippen molar-refractivity contribution < 1.29 is 19.5 Å². The Morgan fingerprint density at radius 2 is 1.90 bits per heavy atom. The number of nitrogen functional groups attached to an aromatic ring is 1. The van der Waals surface area contributed by atoms with Crippen LogP contribution >= 0.6 is 0 Å². The van der Waals surface area contributed by atoms with Crippen molar-refractivity contribution >= 4 is 23.5 Å². The molecule has 0 bridgehead atoms. The summed E-state index contributed by atoms with van der Waals surface area (Å²) in [4.78, 5) is 37.1. The standard InChI is InChI=1S/C15H18N2O4/c1-15(2,3)7-10(14(20)21)17-12(18)8-5-4-6-9(16)11(8)13(17)19/h4-6,10H,7,16H2,1-3H3,(H,20,21)/t10-/m0/s1. The van der Waals surface area contributed by atoms with Gasteiger partial charge in [0.1, 0.15) is 6.04 Å². The van der Waals surface area contributed by atoms with Gasteiger partial charge in [-0.05, 0) is 24.0 Å². The van der Waals surface area contributed by atoms with E-state index in [-0.39, 0.29) is 28.7 Å². The van der Waals surface area contributed by atoms with E-state index in [0.717, 1.165) is 4.90 Å². The molecule has 0 aliphatic carbocycles. The maximum Gasteiger partial charge on any atom is 0.326 e. The molecule has 0 fully saturated rings. The lowest BCUT2D eigenvalue weighted by Crippen LogP contribution is -2.46. The van der Waals surface area contributed by atoms with Crippen LogP contribution in [0.1, 0.15) is 47.9 Å². The predicted molar refractivity (Wildman–Crippen MR) is 76.9 cm³/mol. The molecule has 0 saturated carbocycles. The van der Waals surface area contributed by atoms with Gasteiger partial charge in [0.15, 0.2) is 0 Å². The van der Waals surface area contributed by atoms with E-state index in [2.05, 4.69) is 0 Å². The Balaban J connectivity index is 2.46. The number of nitrogens with zero attached hydrogens (tertiary/aromatic N) is 1. The number of hydrogen-bond donors (Lipinski definition) is 2. The first-order chi connectivity index (χ1) is 9.63. The SMILES string of the molecule is CC(C)(C)C[C@@H](C(=O)O)N1C(=O)c2cccc(N)c2C1=O. The number of imide groups is 1. The fourth-order valence-corrected chi connectivity index (χ4v) is 2.48. The third-order valence-electron chi connectivity index (χ3n) is 3.38. The second-order valence-electron chi connectivity index (χ2n) is 6.37. The minimum absolute atomic E-state index is 0.0997. The molecular formula is C15H18N2O4. The van der Waals surface area contributed by atoms with E-state index in [4.69, 9.17) is 5.73 Å². The van der Waals surface area contributed by atoms with Crippen molar-refractivity contribution in [1.82, 2.24) is 4.90 Å². The third kappa shape index (κ3) is 2.61. The highest BCUT2D eigenvalue weighted by Crippen LogP contribution is 2.32. The van der Waals surface area contributed by atoms with Gasteiger partial charge in [0.05, 0.1) is 11.1 Å². The number of hydrogen-bond acceptors (Lipinski definition) is 4. The highest BCUT2D eigenvalue weighted by Gasteiger charge is 2.44. The fraction of sp³-hybridized carbons (Fsp3) is 0.400. The van der Waals surface area contributed by atoms with E-state index >= 15 is 0 Å². The van der Waals surface area contributed by atoms with Gasteiger partial charge in [-0.1, -0.05) is 26.8 Å². The monoisotopic (exact) mass is 290 g/mol. The van der Waals surface area contributed by atoms with Crippen LogP contribution in [-0.2, 0) is 4.79 Å². The van der Waals surface area contributed by atoms with Gasteiger partial charge in [-0.3, -0.25) is 14.5 Å². The van der Waals surface area contributed by atoms with Gasteiger partial charge in [-0.15, -0.1) is 0 Å². The summed E-state index contributed by atoms with van der Waals surface area (Å²) in [6.45, 7) is 5.57. The first kappa shape index (κ1) is 15.0. The first-order valence-corrected chi connectivity index (χ1v) is 6.62. The van der Waals surface area contributed by atoms with Gasteiger partial charge in [0.25, 0.3) is 11.8 Å². The van der Waals surface area contributed by atoms with Gasteiger partial charge < -0.3 is 10.8 Å². The highest BCUT2D eigenvalue weighted by molar-refractivity contribution is 6.24. The number of carbonyl (C=O) groups is 3. The quantitative estimate of drug-likeness (QED) is 0.652. The number of rotatable bonds is 3. The van der Waals surface area contributed by atoms with Crippen molar-refractivity contribution in [3.05, 3.63) is 29.3 Å². The van der Waals surface area contributed by atoms with Crippen molar-refractivity contribution in [3.63, 3.8) is 0 Å². The van der Waals surface area contributed by atoms with Crippen LogP contribution < -0.4 is 5.73 Å². The molecule has 6 nitrogen and oxygen atoms in total. The van der Waals surface area contributed by atoms with E-state index in [1.807, 2.05) is 20.8 Å². The molecule has 1 aromatic rings. The predicted octanol–water partition coefficient (Wildman–Crippen LogP) is 1.75. The Morgan fingerprint density at radius 3 is 2.38 bits per heavy atom. The zero-order valence-corrected chi connectivity index (χ0v) is 12.2. The molecule has 2 amide bonds. The number of carboxylic acids is 1. The van der Waals surface area contributed by atoms with E-state index in [0.29, 0.717) is 0 Å². The average molecular weight is 290 g/mol. The number of carbonyl (C=O) groups excluding carboxylic acids is 2. The number of nitrogens with two attached hydrogens (primary N) is 1. The van der Waals surface area contributed by atoms with Gasteiger partial charge in [0, 0.05) is 5.69 Å². The van der Waals surface area contributed by atoms with Crippen molar-refractivity contribution in [1.29, 1.82) is 0 Å². The Hall–Kier alpha value is -2.37. The van der Waals surface area contributed by atoms with Crippen molar-refractivity contribution in [2.75, 3.05) is 5.73 Å². The molecule has 1 aromatic carbocycles. The molecule has 0 unspecified atom stereocenters. The minimum Gasteiger partial charge on any atom is -0.480 e. The van der Waals surface area contributed by atoms with Crippen molar-refractivity contribution in [2.45, 2.75) is 33.2 Å². The van der Waals surface area contributed by atoms with Gasteiger partial charge >= 0.3 is 5.97 Å². The summed E-state index contributed by atoms with van der Waals surface area (Å²) in [7, 11) is 0. The molecule has 0 saturated heterocycles. The number of amides is 2. The topological polar surface area (TPSA) is 101 Å². The van der Waals surface area contributed by atoms with Crippen LogP contribution in [0.2, 0.25) is 0 Å². The fourth-order valence-electron chi connectivity index (χ4n) is 2.48. The Morgan fingerprint density at radius 1 is 1.29 bits per heavy atom. The first-order valence-electron chi connectivity index (χ1n) is 6.62. The number of carboxylic acid groups (broad SMARTS) is 1. The number of fused-ring (bicyclic) bond motifs is 1. The lowest BCUT2D eigenvalue weighted by molar-refractivity contribution is -0.142. The summed E-state index contributed by atoms with van der Waals surface area (Å²) in [5, 5.41) is 9.40. The van der Waals surface area contributed by atoms with Crippen molar-refractivity contribution in [3.8, 4) is 0 Å². The Labute approximate surface area is 122 Å². The molecule has 1 aliphatic heterocycles. The maximum atomic E-state index is 12.4. The second kappa shape index (κ2) is 4.87. The summed E-state index contributed by atoms with van der Waals surface area (Å²) in [5.41, 5.74) is 5.85. The lowest BCUT2D eigenvalue weighted by atomic mass is 9.87. The van der Waals surface area contributed by atoms with Crippen LogP contribution in [0.4, 0.5) is 5.69 Å². The molecule has 2 rings (SSSR count). The number of aliphatic carboxylic acids is 1. The van der Waals surface area contributed by atoms with Crippen LogP contribution in [0.3, 0.4) is 0 Å². The molecule has 0 radical (unpaired) electrons. The maximum absolute atomic E-state index is 12.4. The van der Waals surface area contributed by atoms with Gasteiger partial charge in [-0.25, -0.2) is 4.79 Å². The van der Waals surface area contributed by atoms with Gasteiger partial charge in [0.2, 0.25) is 0 Å². The Kier molecular flexibility index (Phi) is 3.49. The molecule has 1 aliphatic rings. The summed E-state index contributed by atoms with van der Waals surface area (Å²) in [5.74, 6) is -2.43. The zero-order valence-electron chi connectivity index (χ0n) is 12.2. The molecule has 112 valence electrons. The summed E-state index contributed by atoms with van der Waals surface area (Å²) in [6, 6.07) is 3.38. The van der Waals surface area contributed by atoms with E-state index in [1.165, 1.54) is 12.1 Å². The summed E-state index contributed by atoms with van der Waals surface area (Å²) < 4.78 is 0. The number of anilines is 1. The third-order valence-corrected chi connectivity index (χ3v) is 3.38. The molecule has 0 aromatic heterocycles. The van der Waals surface area contributed by atoms with Crippen LogP contribution in [-0.4, -0.2) is 33.8 Å².